The van der Waals surface area contributed by atoms with E-state index in [1.54, 1.807) is 23.3 Å². The molecule has 1 saturated carbocycles. The molecule has 0 radical (unpaired) electrons. The summed E-state index contributed by atoms with van der Waals surface area (Å²) in [6, 6.07) is 6.04. The number of nitrogens with zero attached hydrogens (tertiary/aromatic N) is 2. The van der Waals surface area contributed by atoms with Gasteiger partial charge >= 0.3 is 0 Å². The van der Waals surface area contributed by atoms with E-state index >= 15 is 0 Å². The van der Waals surface area contributed by atoms with Crippen LogP contribution in [0.25, 0.3) is 0 Å². The molecule has 0 atom stereocenters. The van der Waals surface area contributed by atoms with Gasteiger partial charge in [0.25, 0.3) is 11.8 Å². The van der Waals surface area contributed by atoms with E-state index < -0.39 is 0 Å². The minimum absolute atomic E-state index is 0.0149. The number of amides is 2. The second-order valence-corrected chi connectivity index (χ2v) is 10.7. The summed E-state index contributed by atoms with van der Waals surface area (Å²) in [7, 11) is 1.77. The van der Waals surface area contributed by atoms with E-state index in [1.807, 2.05) is 18.2 Å². The largest absolute Gasteiger partial charge is 0.349 e. The molecular weight excluding hydrogens is 474 g/mol. The lowest BCUT2D eigenvalue weighted by Crippen LogP contribution is -2.36. The number of carbonyl (C=O) groups excluding carboxylic acids is 2. The Kier molecular flexibility index (Phi) is 5.73. The average Bonchev–Trinajstić information content (AvgIpc) is 3.25. The second kappa shape index (κ2) is 8.51. The van der Waals surface area contributed by atoms with Crippen molar-refractivity contribution in [3.8, 4) is 0 Å². The van der Waals surface area contributed by atoms with Gasteiger partial charge in [-0.25, -0.2) is 4.99 Å². The molecule has 1 fully saturated rings. The number of thiophene rings is 1. The molecule has 0 bridgehead atoms. The number of benzene rings is 1. The van der Waals surface area contributed by atoms with E-state index in [0.29, 0.717) is 16.3 Å². The van der Waals surface area contributed by atoms with E-state index in [0.717, 1.165) is 59.8 Å². The molecule has 2 aromatic rings. The van der Waals surface area contributed by atoms with E-state index in [2.05, 4.69) is 21.2 Å². The zero-order valence-electron chi connectivity index (χ0n) is 17.7. The van der Waals surface area contributed by atoms with Gasteiger partial charge in [-0.2, -0.15) is 0 Å². The molecule has 1 aromatic carbocycles. The Bertz CT molecular complexity index is 1080. The van der Waals surface area contributed by atoms with Crippen molar-refractivity contribution in [1.29, 1.82) is 0 Å². The number of hydrogen-bond donors (Lipinski definition) is 1. The van der Waals surface area contributed by atoms with Crippen molar-refractivity contribution in [2.45, 2.75) is 63.8 Å². The monoisotopic (exact) mass is 499 g/mol. The first-order valence-corrected chi connectivity index (χ1v) is 12.8. The van der Waals surface area contributed by atoms with Crippen molar-refractivity contribution in [1.82, 2.24) is 5.32 Å². The number of nitrogens with one attached hydrogen (secondary N) is 1. The van der Waals surface area contributed by atoms with Crippen molar-refractivity contribution in [3.63, 3.8) is 0 Å². The SMILES string of the molecule is CN1C(=O)C(=Nc2sc3c(c2C(=O)NC2CCCCC2)CCCC3)c2cc(Br)ccc21. The van der Waals surface area contributed by atoms with Gasteiger partial charge in [0.2, 0.25) is 0 Å². The van der Waals surface area contributed by atoms with Crippen LogP contribution in [0.4, 0.5) is 10.7 Å². The van der Waals surface area contributed by atoms with Crippen LogP contribution >= 0.6 is 27.3 Å². The molecule has 5 rings (SSSR count). The number of likely N-dealkylation sites (N-methyl/N-ethyl adjacent to an activating group) is 1. The van der Waals surface area contributed by atoms with Crippen LogP contribution in [-0.2, 0) is 17.6 Å². The van der Waals surface area contributed by atoms with Gasteiger partial charge in [0, 0.05) is 28.0 Å². The third-order valence-electron chi connectivity index (χ3n) is 6.62. The Balaban J connectivity index is 1.57. The Hall–Kier alpha value is -1.99. The predicted molar refractivity (Wildman–Crippen MR) is 129 cm³/mol. The average molecular weight is 500 g/mol. The van der Waals surface area contributed by atoms with E-state index in [-0.39, 0.29) is 17.9 Å². The number of aliphatic imine (C=N–C) groups is 1. The van der Waals surface area contributed by atoms with Gasteiger partial charge in [-0.15, -0.1) is 11.3 Å². The van der Waals surface area contributed by atoms with Gasteiger partial charge in [-0.1, -0.05) is 35.2 Å². The molecule has 0 spiro atoms. The van der Waals surface area contributed by atoms with Crippen molar-refractivity contribution in [2.24, 2.45) is 4.99 Å². The first-order chi connectivity index (χ1) is 15.0. The number of fused-ring (bicyclic) bond motifs is 2. The summed E-state index contributed by atoms with van der Waals surface area (Å²) in [5.74, 6) is -0.142. The van der Waals surface area contributed by atoms with Gasteiger partial charge in [0.1, 0.15) is 10.7 Å². The van der Waals surface area contributed by atoms with E-state index in [1.165, 1.54) is 24.1 Å². The highest BCUT2D eigenvalue weighted by Gasteiger charge is 2.33. The Morgan fingerprint density at radius 1 is 1.16 bits per heavy atom. The van der Waals surface area contributed by atoms with E-state index in [4.69, 9.17) is 4.99 Å². The summed E-state index contributed by atoms with van der Waals surface area (Å²) in [6.45, 7) is 0. The highest BCUT2D eigenvalue weighted by atomic mass is 79.9. The highest BCUT2D eigenvalue weighted by molar-refractivity contribution is 9.10. The zero-order chi connectivity index (χ0) is 21.5. The Morgan fingerprint density at radius 2 is 1.94 bits per heavy atom. The van der Waals surface area contributed by atoms with Crippen LogP contribution < -0.4 is 10.2 Å². The van der Waals surface area contributed by atoms with Crippen LogP contribution in [0, 0.1) is 0 Å². The number of aryl methyl sites for hydroxylation is 1. The Morgan fingerprint density at radius 3 is 2.74 bits per heavy atom. The maximum Gasteiger partial charge on any atom is 0.277 e. The fraction of sp³-hybridized carbons (Fsp3) is 0.458. The third-order valence-corrected chi connectivity index (χ3v) is 8.29. The molecule has 2 heterocycles. The molecule has 1 aliphatic heterocycles. The van der Waals surface area contributed by atoms with Crippen molar-refractivity contribution in [2.75, 3.05) is 11.9 Å². The summed E-state index contributed by atoms with van der Waals surface area (Å²) in [4.78, 5) is 34.2. The van der Waals surface area contributed by atoms with Crippen molar-refractivity contribution >= 4 is 55.5 Å². The topological polar surface area (TPSA) is 61.8 Å². The van der Waals surface area contributed by atoms with Crippen LogP contribution in [0.3, 0.4) is 0 Å². The molecule has 3 aliphatic rings. The summed E-state index contributed by atoms with van der Waals surface area (Å²) in [5, 5.41) is 3.97. The normalized spacial score (nSPS) is 20.1. The standard InChI is InChI=1S/C24H26BrN3O2S/c1-28-18-12-11-14(25)13-17(18)21(24(28)30)27-23-20(16-9-5-6-10-19(16)31-23)22(29)26-15-7-3-2-4-8-15/h11-13,15H,2-10H2,1H3,(H,26,29). The predicted octanol–water partition coefficient (Wildman–Crippen LogP) is 5.55. The maximum atomic E-state index is 13.4. The maximum absolute atomic E-state index is 13.4. The lowest BCUT2D eigenvalue weighted by atomic mass is 9.93. The highest BCUT2D eigenvalue weighted by Crippen LogP contribution is 2.41. The summed E-state index contributed by atoms with van der Waals surface area (Å²) in [6.07, 6.45) is 9.85. The summed E-state index contributed by atoms with van der Waals surface area (Å²) < 4.78 is 0.905. The molecule has 1 N–H and O–H groups in total. The quantitative estimate of drug-likeness (QED) is 0.601. The first kappa shape index (κ1) is 20.9. The number of carbonyl (C=O) groups is 2. The Labute approximate surface area is 195 Å². The van der Waals surface area contributed by atoms with Crippen molar-refractivity contribution < 1.29 is 9.59 Å². The lowest BCUT2D eigenvalue weighted by molar-refractivity contribution is -0.111. The third kappa shape index (κ3) is 3.87. The van der Waals surface area contributed by atoms with Gasteiger partial charge in [0.15, 0.2) is 0 Å². The van der Waals surface area contributed by atoms with Crippen molar-refractivity contribution in [3.05, 3.63) is 44.2 Å². The first-order valence-electron chi connectivity index (χ1n) is 11.1. The molecule has 0 saturated heterocycles. The molecular formula is C24H26BrN3O2S. The van der Waals surface area contributed by atoms with Gasteiger partial charge < -0.3 is 10.2 Å². The zero-order valence-corrected chi connectivity index (χ0v) is 20.1. The molecule has 31 heavy (non-hydrogen) atoms. The lowest BCUT2D eigenvalue weighted by Gasteiger charge is -2.23. The minimum Gasteiger partial charge on any atom is -0.349 e. The second-order valence-electron chi connectivity index (χ2n) is 8.69. The molecule has 1 aromatic heterocycles. The molecule has 7 heteroatoms. The van der Waals surface area contributed by atoms with Crippen LogP contribution in [0.1, 0.15) is 71.3 Å². The van der Waals surface area contributed by atoms with Gasteiger partial charge in [0.05, 0.1) is 11.3 Å². The molecule has 2 amide bonds. The number of rotatable bonds is 3. The fourth-order valence-corrected chi connectivity index (χ4v) is 6.58. The molecule has 162 valence electrons. The van der Waals surface area contributed by atoms with Crippen LogP contribution in [0.15, 0.2) is 27.7 Å². The summed E-state index contributed by atoms with van der Waals surface area (Å²) >= 11 is 5.10. The number of halogens is 1. The molecule has 2 aliphatic carbocycles. The van der Waals surface area contributed by atoms with Crippen LogP contribution in [0.2, 0.25) is 0 Å². The van der Waals surface area contributed by atoms with Gasteiger partial charge in [-0.3, -0.25) is 9.59 Å². The van der Waals surface area contributed by atoms with E-state index in [9.17, 15) is 9.59 Å². The van der Waals surface area contributed by atoms with Crippen LogP contribution in [0.5, 0.6) is 0 Å². The molecule has 0 unspecified atom stereocenters. The number of hydrogen-bond acceptors (Lipinski definition) is 4. The molecule has 5 nitrogen and oxygen atoms in total. The fourth-order valence-electron chi connectivity index (χ4n) is 4.95. The smallest absolute Gasteiger partial charge is 0.277 e. The minimum atomic E-state index is -0.127. The van der Waals surface area contributed by atoms with Crippen LogP contribution in [-0.4, -0.2) is 30.6 Å². The summed E-state index contributed by atoms with van der Waals surface area (Å²) in [5.41, 5.74) is 3.94. The number of anilines is 1. The van der Waals surface area contributed by atoms with Gasteiger partial charge in [-0.05, 0) is 62.3 Å².